The summed E-state index contributed by atoms with van der Waals surface area (Å²) in [6.07, 6.45) is 3.95. The Hall–Kier alpha value is -1.84. The molecule has 0 aliphatic rings. The molecule has 0 saturated heterocycles. The zero-order chi connectivity index (χ0) is 16.2. The number of hydrogen-bond acceptors (Lipinski definition) is 2. The molecule has 0 saturated carbocycles. The highest BCUT2D eigenvalue weighted by molar-refractivity contribution is 6.36. The molecule has 0 aliphatic carbocycles. The highest BCUT2D eigenvalue weighted by atomic mass is 35.5. The molecule has 2 aromatic carbocycles. The molecule has 0 N–H and O–H groups in total. The Labute approximate surface area is 145 Å². The van der Waals surface area contributed by atoms with Crippen LogP contribution in [-0.4, -0.2) is 15.8 Å². The molecule has 0 spiro atoms. The van der Waals surface area contributed by atoms with Crippen LogP contribution in [0.4, 0.5) is 5.95 Å². The highest BCUT2D eigenvalue weighted by Gasteiger charge is 2.09. The minimum Gasteiger partial charge on any atom is -0.308 e. The lowest BCUT2D eigenvalue weighted by molar-refractivity contribution is 0.649. The van der Waals surface area contributed by atoms with Gasteiger partial charge in [0.2, 0.25) is 5.95 Å². The number of nitrogens with zero attached hydrogens (tertiary/aromatic N) is 3. The normalized spacial score (nSPS) is 11.6. The number of benzene rings is 2. The van der Waals surface area contributed by atoms with Crippen LogP contribution in [0.2, 0.25) is 10.0 Å². The van der Waals surface area contributed by atoms with Crippen LogP contribution in [0, 0.1) is 0 Å². The van der Waals surface area contributed by atoms with E-state index < -0.39 is 0 Å². The number of para-hydroxylation sites is 2. The van der Waals surface area contributed by atoms with Gasteiger partial charge in [0.1, 0.15) is 0 Å². The summed E-state index contributed by atoms with van der Waals surface area (Å²) in [5, 5.41) is 1.19. The van der Waals surface area contributed by atoms with Crippen molar-refractivity contribution in [2.24, 2.45) is 4.99 Å². The van der Waals surface area contributed by atoms with Gasteiger partial charge in [-0.3, -0.25) is 0 Å². The number of rotatable bonds is 5. The molecule has 0 radical (unpaired) electrons. The van der Waals surface area contributed by atoms with Crippen molar-refractivity contribution in [1.29, 1.82) is 0 Å². The lowest BCUT2D eigenvalue weighted by Crippen LogP contribution is -1.97. The molecule has 3 rings (SSSR count). The van der Waals surface area contributed by atoms with Crippen LogP contribution < -0.4 is 0 Å². The molecule has 5 heteroatoms. The minimum absolute atomic E-state index is 0.581. The summed E-state index contributed by atoms with van der Waals surface area (Å²) in [5.41, 5.74) is 2.89. The van der Waals surface area contributed by atoms with Gasteiger partial charge in [-0.1, -0.05) is 54.7 Å². The highest BCUT2D eigenvalue weighted by Crippen LogP contribution is 2.24. The van der Waals surface area contributed by atoms with E-state index in [9.17, 15) is 0 Å². The molecule has 0 unspecified atom stereocenters. The molecular formula is C18H17Cl2N3. The maximum Gasteiger partial charge on any atom is 0.230 e. The molecule has 1 heterocycles. The Morgan fingerprint density at radius 3 is 2.78 bits per heavy atom. The largest absolute Gasteiger partial charge is 0.308 e. The average Bonchev–Trinajstić information content (AvgIpc) is 2.89. The van der Waals surface area contributed by atoms with E-state index in [4.69, 9.17) is 23.2 Å². The van der Waals surface area contributed by atoms with E-state index in [-0.39, 0.29) is 0 Å². The van der Waals surface area contributed by atoms with E-state index >= 15 is 0 Å². The van der Waals surface area contributed by atoms with Gasteiger partial charge in [0.15, 0.2) is 0 Å². The SMILES string of the molecule is CCCCn1c(/N=C/c2ccc(Cl)cc2Cl)nc2ccccc21. The average molecular weight is 346 g/mol. The predicted molar refractivity (Wildman–Crippen MR) is 98.4 cm³/mol. The van der Waals surface area contributed by atoms with E-state index in [1.807, 2.05) is 24.3 Å². The zero-order valence-electron chi connectivity index (χ0n) is 12.8. The summed E-state index contributed by atoms with van der Waals surface area (Å²) >= 11 is 12.1. The smallest absolute Gasteiger partial charge is 0.230 e. The molecule has 3 nitrogen and oxygen atoms in total. The van der Waals surface area contributed by atoms with Crippen molar-refractivity contribution < 1.29 is 0 Å². The van der Waals surface area contributed by atoms with Crippen molar-refractivity contribution in [3.63, 3.8) is 0 Å². The van der Waals surface area contributed by atoms with E-state index in [1.54, 1.807) is 18.3 Å². The number of hydrogen-bond donors (Lipinski definition) is 0. The lowest BCUT2D eigenvalue weighted by Gasteiger charge is -2.05. The van der Waals surface area contributed by atoms with Gasteiger partial charge < -0.3 is 4.57 Å². The first-order valence-electron chi connectivity index (χ1n) is 7.63. The van der Waals surface area contributed by atoms with Gasteiger partial charge in [-0.05, 0) is 30.7 Å². The lowest BCUT2D eigenvalue weighted by atomic mass is 10.2. The Bertz CT molecular complexity index is 853. The molecule has 1 aromatic heterocycles. The topological polar surface area (TPSA) is 30.2 Å². The number of halogens is 2. The third-order valence-electron chi connectivity index (χ3n) is 3.65. The van der Waals surface area contributed by atoms with Crippen LogP contribution >= 0.6 is 23.2 Å². The summed E-state index contributed by atoms with van der Waals surface area (Å²) in [6.45, 7) is 3.08. The molecule has 0 atom stereocenters. The second-order valence-corrected chi connectivity index (χ2v) is 6.17. The Balaban J connectivity index is 1.99. The quantitative estimate of drug-likeness (QED) is 0.530. The van der Waals surface area contributed by atoms with Gasteiger partial charge in [0.25, 0.3) is 0 Å². The Morgan fingerprint density at radius 1 is 1.17 bits per heavy atom. The van der Waals surface area contributed by atoms with Crippen LogP contribution in [0.3, 0.4) is 0 Å². The Morgan fingerprint density at radius 2 is 2.00 bits per heavy atom. The first kappa shape index (κ1) is 16.0. The van der Waals surface area contributed by atoms with Crippen LogP contribution in [0.1, 0.15) is 25.3 Å². The number of imidazole rings is 1. The standard InChI is InChI=1S/C18H17Cl2N3/c1-2-3-10-23-17-7-5-4-6-16(17)22-18(23)21-12-13-8-9-14(19)11-15(13)20/h4-9,11-12H,2-3,10H2,1H3/b21-12+. The zero-order valence-corrected chi connectivity index (χ0v) is 14.3. The van der Waals surface area contributed by atoms with Gasteiger partial charge in [-0.15, -0.1) is 0 Å². The second-order valence-electron chi connectivity index (χ2n) is 5.33. The molecule has 0 amide bonds. The molecule has 23 heavy (non-hydrogen) atoms. The van der Waals surface area contributed by atoms with Gasteiger partial charge in [-0.2, -0.15) is 0 Å². The number of aliphatic imine (C=N–C) groups is 1. The number of aromatic nitrogens is 2. The number of unbranched alkanes of at least 4 members (excludes halogenated alkanes) is 1. The van der Waals surface area contributed by atoms with Crippen LogP contribution in [0.25, 0.3) is 11.0 Å². The molecule has 0 aliphatic heterocycles. The first-order chi connectivity index (χ1) is 11.2. The van der Waals surface area contributed by atoms with Crippen molar-refractivity contribution >= 4 is 46.4 Å². The van der Waals surface area contributed by atoms with Crippen LogP contribution in [0.5, 0.6) is 0 Å². The van der Waals surface area contributed by atoms with Gasteiger partial charge in [-0.25, -0.2) is 9.98 Å². The Kier molecular flexibility index (Phi) is 4.99. The molecule has 118 valence electrons. The first-order valence-corrected chi connectivity index (χ1v) is 8.39. The minimum atomic E-state index is 0.581. The summed E-state index contributed by atoms with van der Waals surface area (Å²) in [7, 11) is 0. The monoisotopic (exact) mass is 345 g/mol. The van der Waals surface area contributed by atoms with Crippen molar-refractivity contribution in [2.45, 2.75) is 26.3 Å². The third-order valence-corrected chi connectivity index (χ3v) is 4.21. The van der Waals surface area contributed by atoms with E-state index in [0.717, 1.165) is 36.0 Å². The van der Waals surface area contributed by atoms with Gasteiger partial charge in [0.05, 0.1) is 16.1 Å². The third kappa shape index (κ3) is 3.57. The molecule has 0 bridgehead atoms. The van der Waals surface area contributed by atoms with Crippen molar-refractivity contribution in [3.05, 3.63) is 58.1 Å². The van der Waals surface area contributed by atoms with E-state index in [1.165, 1.54) is 0 Å². The molecule has 0 fully saturated rings. The number of aryl methyl sites for hydroxylation is 1. The predicted octanol–water partition coefficient (Wildman–Crippen LogP) is 5.89. The van der Waals surface area contributed by atoms with Gasteiger partial charge in [0, 0.05) is 23.3 Å². The second kappa shape index (κ2) is 7.16. The van der Waals surface area contributed by atoms with Crippen molar-refractivity contribution in [2.75, 3.05) is 0 Å². The summed E-state index contributed by atoms with van der Waals surface area (Å²) in [6, 6.07) is 13.5. The maximum absolute atomic E-state index is 6.19. The fourth-order valence-electron chi connectivity index (χ4n) is 2.43. The maximum atomic E-state index is 6.19. The van der Waals surface area contributed by atoms with Crippen LogP contribution in [-0.2, 0) is 6.54 Å². The van der Waals surface area contributed by atoms with Crippen molar-refractivity contribution in [1.82, 2.24) is 9.55 Å². The van der Waals surface area contributed by atoms with Crippen molar-refractivity contribution in [3.8, 4) is 0 Å². The fraction of sp³-hybridized carbons (Fsp3) is 0.222. The summed E-state index contributed by atoms with van der Waals surface area (Å²) in [5.74, 6) is 0.700. The van der Waals surface area contributed by atoms with E-state index in [2.05, 4.69) is 27.5 Å². The van der Waals surface area contributed by atoms with E-state index in [0.29, 0.717) is 16.0 Å². The number of fused-ring (bicyclic) bond motifs is 1. The summed E-state index contributed by atoms with van der Waals surface area (Å²) in [4.78, 5) is 9.18. The fourth-order valence-corrected chi connectivity index (χ4v) is 2.89. The molecule has 3 aromatic rings. The summed E-state index contributed by atoms with van der Waals surface area (Å²) < 4.78 is 2.15. The van der Waals surface area contributed by atoms with Gasteiger partial charge >= 0.3 is 0 Å². The molecular weight excluding hydrogens is 329 g/mol. The van der Waals surface area contributed by atoms with Crippen LogP contribution in [0.15, 0.2) is 47.5 Å².